The van der Waals surface area contributed by atoms with E-state index in [0.717, 1.165) is 30.4 Å². The number of hydrogen-bond acceptors (Lipinski definition) is 5. The number of alkyl halides is 2. The zero-order valence-corrected chi connectivity index (χ0v) is 24.5. The predicted molar refractivity (Wildman–Crippen MR) is 160 cm³/mol. The van der Waals surface area contributed by atoms with Crippen LogP contribution in [-0.4, -0.2) is 38.4 Å². The first-order valence-electron chi connectivity index (χ1n) is 13.9. The summed E-state index contributed by atoms with van der Waals surface area (Å²) in [5.74, 6) is -0.696. The number of thiazole rings is 1. The number of benzene rings is 1. The predicted octanol–water partition coefficient (Wildman–Crippen LogP) is 7.71. The van der Waals surface area contributed by atoms with Crippen molar-refractivity contribution in [3.63, 3.8) is 0 Å². The van der Waals surface area contributed by atoms with E-state index in [1.807, 2.05) is 20.8 Å². The molecule has 1 aromatic carbocycles. The molecular weight excluding hydrogens is 561 g/mol. The van der Waals surface area contributed by atoms with E-state index in [0.29, 0.717) is 52.7 Å². The average Bonchev–Trinajstić information content (AvgIpc) is 3.47. The van der Waals surface area contributed by atoms with Crippen molar-refractivity contribution < 1.29 is 18.0 Å². The fourth-order valence-corrected chi connectivity index (χ4v) is 5.97. The first kappa shape index (κ1) is 29.4. The van der Waals surface area contributed by atoms with Gasteiger partial charge in [-0.3, -0.25) is 19.1 Å². The molecule has 3 aromatic heterocycles. The van der Waals surface area contributed by atoms with Crippen LogP contribution in [0.2, 0.25) is 0 Å². The van der Waals surface area contributed by atoms with E-state index >= 15 is 0 Å². The number of piperidine rings is 1. The van der Waals surface area contributed by atoms with Crippen LogP contribution in [0.25, 0.3) is 33.6 Å². The third-order valence-corrected chi connectivity index (χ3v) is 8.12. The van der Waals surface area contributed by atoms with E-state index in [4.69, 9.17) is 0 Å². The Morgan fingerprint density at radius 1 is 1.10 bits per heavy atom. The van der Waals surface area contributed by atoms with E-state index in [1.54, 1.807) is 28.5 Å². The van der Waals surface area contributed by atoms with Gasteiger partial charge in [-0.15, -0.1) is 11.3 Å². The van der Waals surface area contributed by atoms with Gasteiger partial charge >= 0.3 is 0 Å². The number of hydrogen-bond donors (Lipinski definition) is 0. The fourth-order valence-electron chi connectivity index (χ4n) is 5.14. The summed E-state index contributed by atoms with van der Waals surface area (Å²) < 4.78 is 42.1. The molecule has 42 heavy (non-hydrogen) atoms. The molecule has 4 aromatic rings. The van der Waals surface area contributed by atoms with Crippen molar-refractivity contribution in [2.45, 2.75) is 52.9 Å². The summed E-state index contributed by atoms with van der Waals surface area (Å²) in [7, 11) is 0. The molecule has 0 bridgehead atoms. The lowest BCUT2D eigenvalue weighted by Gasteiger charge is -2.28. The maximum absolute atomic E-state index is 14.7. The molecule has 0 spiro atoms. The molecule has 10 heteroatoms. The highest BCUT2D eigenvalue weighted by atomic mass is 32.1. The number of aromatic nitrogens is 3. The van der Waals surface area contributed by atoms with Gasteiger partial charge in [0.25, 0.3) is 17.9 Å². The van der Waals surface area contributed by atoms with Crippen LogP contribution in [0.4, 0.5) is 13.2 Å². The summed E-state index contributed by atoms with van der Waals surface area (Å²) in [5.41, 5.74) is 3.11. The Hall–Kier alpha value is -4.05. The molecule has 0 radical (unpaired) electrons. The lowest BCUT2D eigenvalue weighted by molar-refractivity contribution is 0.0723. The molecule has 0 unspecified atom stereocenters. The highest BCUT2D eigenvalue weighted by molar-refractivity contribution is 7.13. The summed E-state index contributed by atoms with van der Waals surface area (Å²) in [4.78, 5) is 38.6. The SMILES string of the molecule is CCc1ccc(F)cc1-n1c(C=C(C)C)c(C(=O)N2CCCCC2)cc(-c2nc(-c3ccc(C(F)F)nc3)cs2)c1=O. The number of nitrogens with zero attached hydrogens (tertiary/aromatic N) is 4. The number of amides is 1. The molecule has 218 valence electrons. The van der Waals surface area contributed by atoms with E-state index in [9.17, 15) is 22.8 Å². The quantitative estimate of drug-likeness (QED) is 0.220. The molecule has 1 saturated heterocycles. The molecule has 0 saturated carbocycles. The van der Waals surface area contributed by atoms with Crippen LogP contribution in [0.5, 0.6) is 0 Å². The van der Waals surface area contributed by atoms with E-state index in [1.165, 1.54) is 46.4 Å². The van der Waals surface area contributed by atoms with Crippen LogP contribution < -0.4 is 5.56 Å². The Morgan fingerprint density at radius 2 is 1.86 bits per heavy atom. The maximum atomic E-state index is 14.7. The lowest BCUT2D eigenvalue weighted by atomic mass is 10.0. The zero-order chi connectivity index (χ0) is 30.0. The molecule has 1 amide bonds. The first-order valence-corrected chi connectivity index (χ1v) is 14.8. The van der Waals surface area contributed by atoms with Crippen molar-refractivity contribution in [2.24, 2.45) is 0 Å². The minimum atomic E-state index is -2.69. The van der Waals surface area contributed by atoms with Crippen molar-refractivity contribution >= 4 is 23.3 Å². The van der Waals surface area contributed by atoms with Gasteiger partial charge in [-0.05, 0) is 81.5 Å². The second kappa shape index (κ2) is 12.4. The van der Waals surface area contributed by atoms with Crippen molar-refractivity contribution in [3.8, 4) is 27.5 Å². The fraction of sp³-hybridized carbons (Fsp3) is 0.312. The van der Waals surface area contributed by atoms with Crippen LogP contribution in [0.3, 0.4) is 0 Å². The van der Waals surface area contributed by atoms with Gasteiger partial charge in [0.1, 0.15) is 16.5 Å². The van der Waals surface area contributed by atoms with Gasteiger partial charge in [-0.25, -0.2) is 18.2 Å². The number of carbonyl (C=O) groups is 1. The van der Waals surface area contributed by atoms with Gasteiger partial charge in [-0.1, -0.05) is 18.6 Å². The lowest BCUT2D eigenvalue weighted by Crippen LogP contribution is -2.37. The maximum Gasteiger partial charge on any atom is 0.280 e. The largest absolute Gasteiger partial charge is 0.339 e. The van der Waals surface area contributed by atoms with Crippen LogP contribution in [-0.2, 0) is 6.42 Å². The summed E-state index contributed by atoms with van der Waals surface area (Å²) >= 11 is 1.20. The number of rotatable bonds is 7. The molecule has 1 aliphatic heterocycles. The molecule has 0 aliphatic carbocycles. The highest BCUT2D eigenvalue weighted by Gasteiger charge is 2.27. The van der Waals surface area contributed by atoms with E-state index < -0.39 is 17.8 Å². The summed E-state index contributed by atoms with van der Waals surface area (Å²) in [5, 5.41) is 2.07. The van der Waals surface area contributed by atoms with Gasteiger partial charge in [-0.2, -0.15) is 0 Å². The molecule has 6 nitrogen and oxygen atoms in total. The van der Waals surface area contributed by atoms with Crippen LogP contribution in [0.15, 0.2) is 58.3 Å². The summed E-state index contributed by atoms with van der Waals surface area (Å²) in [6, 6.07) is 8.68. The molecule has 0 atom stereocenters. The topological polar surface area (TPSA) is 68.1 Å². The van der Waals surface area contributed by atoms with E-state index in [-0.39, 0.29) is 17.2 Å². The smallest absolute Gasteiger partial charge is 0.280 e. The number of aryl methyl sites for hydroxylation is 1. The van der Waals surface area contributed by atoms with Gasteiger partial charge < -0.3 is 4.90 Å². The van der Waals surface area contributed by atoms with Crippen molar-refractivity contribution in [1.29, 1.82) is 0 Å². The molecular formula is C32H31F3N4O2S. The van der Waals surface area contributed by atoms with Crippen LogP contribution in [0.1, 0.15) is 73.8 Å². The van der Waals surface area contributed by atoms with Gasteiger partial charge in [0.15, 0.2) is 0 Å². The standard InChI is InChI=1S/C32H31F3N4O2S/c1-4-20-8-10-22(33)15-27(20)39-28(14-19(2)3)23(31(40)38-12-6-5-7-13-38)16-24(32(39)41)30-37-26(18-42-30)21-9-11-25(29(34)35)36-17-21/h8-11,14-18,29H,4-7,12-13H2,1-3H3. The Bertz CT molecular complexity index is 1700. The number of halogens is 3. The highest BCUT2D eigenvalue weighted by Crippen LogP contribution is 2.31. The number of carbonyl (C=O) groups excluding carboxylic acids is 1. The Kier molecular flexibility index (Phi) is 8.72. The zero-order valence-electron chi connectivity index (χ0n) is 23.7. The summed E-state index contributed by atoms with van der Waals surface area (Å²) in [6.45, 7) is 6.91. The third-order valence-electron chi connectivity index (χ3n) is 7.25. The van der Waals surface area contributed by atoms with Gasteiger partial charge in [0.05, 0.1) is 28.2 Å². The minimum Gasteiger partial charge on any atom is -0.339 e. The normalized spacial score (nSPS) is 13.5. The monoisotopic (exact) mass is 592 g/mol. The number of allylic oxidation sites excluding steroid dienone is 1. The molecule has 1 aliphatic rings. The molecule has 5 rings (SSSR count). The molecule has 1 fully saturated rings. The Balaban J connectivity index is 1.76. The van der Waals surface area contributed by atoms with Gasteiger partial charge in [0.2, 0.25) is 0 Å². The van der Waals surface area contributed by atoms with Gasteiger partial charge in [0, 0.05) is 30.2 Å². The number of likely N-dealkylation sites (tertiary alicyclic amines) is 1. The molecule has 4 heterocycles. The second-order valence-electron chi connectivity index (χ2n) is 10.5. The number of pyridine rings is 2. The Labute approximate surface area is 246 Å². The minimum absolute atomic E-state index is 0.195. The third kappa shape index (κ3) is 5.94. The second-order valence-corrected chi connectivity index (χ2v) is 11.4. The van der Waals surface area contributed by atoms with Crippen molar-refractivity contribution in [2.75, 3.05) is 13.1 Å². The van der Waals surface area contributed by atoms with Crippen LogP contribution >= 0.6 is 11.3 Å². The Morgan fingerprint density at radius 3 is 2.50 bits per heavy atom. The van der Waals surface area contributed by atoms with Crippen LogP contribution in [0, 0.1) is 5.82 Å². The first-order chi connectivity index (χ1) is 20.2. The average molecular weight is 593 g/mol. The van der Waals surface area contributed by atoms with Crippen molar-refractivity contribution in [3.05, 3.63) is 92.2 Å². The summed E-state index contributed by atoms with van der Waals surface area (Å²) in [6.07, 6.45) is 3.81. The van der Waals surface area contributed by atoms with E-state index in [2.05, 4.69) is 9.97 Å². The van der Waals surface area contributed by atoms with Crippen molar-refractivity contribution in [1.82, 2.24) is 19.4 Å². The molecule has 0 N–H and O–H groups in total.